The van der Waals surface area contributed by atoms with Gasteiger partial charge in [0, 0.05) is 11.7 Å². The van der Waals surface area contributed by atoms with E-state index in [2.05, 4.69) is 10.1 Å². The molecule has 0 atom stereocenters. The minimum absolute atomic E-state index is 0.140. The van der Waals surface area contributed by atoms with Gasteiger partial charge >= 0.3 is 0 Å². The lowest BCUT2D eigenvalue weighted by Crippen LogP contribution is -2.13. The van der Waals surface area contributed by atoms with E-state index in [0.29, 0.717) is 17.5 Å². The fourth-order valence-corrected chi connectivity index (χ4v) is 2.18. The van der Waals surface area contributed by atoms with Crippen LogP contribution < -0.4 is 4.74 Å². The number of rotatable bonds is 4. The van der Waals surface area contributed by atoms with E-state index in [1.54, 1.807) is 12.1 Å². The van der Waals surface area contributed by atoms with Gasteiger partial charge in [-0.15, -0.1) is 0 Å². The van der Waals surface area contributed by atoms with Gasteiger partial charge in [0.15, 0.2) is 22.3 Å². The predicted molar refractivity (Wildman–Crippen MR) is 76.9 cm³/mol. The van der Waals surface area contributed by atoms with E-state index >= 15 is 0 Å². The molecule has 0 amide bonds. The van der Waals surface area contributed by atoms with Gasteiger partial charge in [0.05, 0.1) is 4.90 Å². The highest BCUT2D eigenvalue weighted by molar-refractivity contribution is 7.90. The molecule has 0 aliphatic rings. The fraction of sp³-hybridized carbons (Fsp3) is 0.429. The average molecular weight is 310 g/mol. The molecule has 0 spiro atoms. The molecule has 0 aliphatic carbocycles. The summed E-state index contributed by atoms with van der Waals surface area (Å²) >= 11 is 0. The van der Waals surface area contributed by atoms with Crippen LogP contribution in [0.4, 0.5) is 0 Å². The lowest BCUT2D eigenvalue weighted by atomic mass is 9.96. The van der Waals surface area contributed by atoms with E-state index in [0.717, 1.165) is 6.26 Å². The van der Waals surface area contributed by atoms with Crippen LogP contribution in [0.15, 0.2) is 33.7 Å². The Labute approximate surface area is 124 Å². The van der Waals surface area contributed by atoms with Crippen LogP contribution in [-0.4, -0.2) is 24.8 Å². The SMILES string of the molecule is CC(C)(C)c1noc(COc2ccc(S(C)(=O)=O)cc2)n1. The molecule has 0 saturated carbocycles. The summed E-state index contributed by atoms with van der Waals surface area (Å²) in [5.41, 5.74) is -0.182. The van der Waals surface area contributed by atoms with Crippen molar-refractivity contribution >= 4 is 9.84 Å². The predicted octanol–water partition coefficient (Wildman–Crippen LogP) is 2.35. The summed E-state index contributed by atoms with van der Waals surface area (Å²) in [5.74, 6) is 1.54. The molecule has 1 heterocycles. The highest BCUT2D eigenvalue weighted by atomic mass is 32.2. The van der Waals surface area contributed by atoms with Crippen molar-refractivity contribution in [2.45, 2.75) is 37.7 Å². The first-order valence-corrected chi connectivity index (χ1v) is 8.31. The molecule has 0 saturated heterocycles. The molecule has 0 fully saturated rings. The number of aromatic nitrogens is 2. The second kappa shape index (κ2) is 5.48. The molecule has 1 aromatic carbocycles. The van der Waals surface area contributed by atoms with E-state index in [-0.39, 0.29) is 16.9 Å². The molecule has 0 aliphatic heterocycles. The first-order valence-electron chi connectivity index (χ1n) is 6.42. The molecule has 6 nitrogen and oxygen atoms in total. The first kappa shape index (κ1) is 15.5. The van der Waals surface area contributed by atoms with Gasteiger partial charge in [-0.2, -0.15) is 4.98 Å². The summed E-state index contributed by atoms with van der Waals surface area (Å²) in [7, 11) is -3.20. The summed E-state index contributed by atoms with van der Waals surface area (Å²) in [6, 6.07) is 6.19. The van der Waals surface area contributed by atoms with Gasteiger partial charge in [0.25, 0.3) is 5.89 Å². The topological polar surface area (TPSA) is 82.3 Å². The van der Waals surface area contributed by atoms with Crippen LogP contribution in [0.2, 0.25) is 0 Å². The number of hydrogen-bond donors (Lipinski definition) is 0. The Kier molecular flexibility index (Phi) is 4.04. The van der Waals surface area contributed by atoms with E-state index in [9.17, 15) is 8.42 Å². The Morgan fingerprint density at radius 1 is 1.19 bits per heavy atom. The lowest BCUT2D eigenvalue weighted by molar-refractivity contribution is 0.242. The number of nitrogens with zero attached hydrogens (tertiary/aromatic N) is 2. The molecule has 1 aromatic heterocycles. The molecule has 0 N–H and O–H groups in total. The largest absolute Gasteiger partial charge is 0.484 e. The Morgan fingerprint density at radius 2 is 1.81 bits per heavy atom. The lowest BCUT2D eigenvalue weighted by Gasteiger charge is -2.10. The van der Waals surface area contributed by atoms with Crippen LogP contribution in [0.5, 0.6) is 5.75 Å². The summed E-state index contributed by atoms with van der Waals surface area (Å²) in [6.45, 7) is 6.12. The monoisotopic (exact) mass is 310 g/mol. The zero-order chi connectivity index (χ0) is 15.7. The van der Waals surface area contributed by atoms with Crippen molar-refractivity contribution in [3.8, 4) is 5.75 Å². The van der Waals surface area contributed by atoms with Crippen LogP contribution in [0.3, 0.4) is 0 Å². The minimum Gasteiger partial charge on any atom is -0.484 e. The zero-order valence-electron chi connectivity index (χ0n) is 12.5. The van der Waals surface area contributed by atoms with Gasteiger partial charge in [0.2, 0.25) is 0 Å². The molecule has 2 rings (SSSR count). The molecule has 0 unspecified atom stereocenters. The maximum Gasteiger partial charge on any atom is 0.264 e. The Bertz CT molecular complexity index is 712. The molecule has 0 radical (unpaired) electrons. The van der Waals surface area contributed by atoms with Crippen LogP contribution in [-0.2, 0) is 21.9 Å². The van der Waals surface area contributed by atoms with Gasteiger partial charge < -0.3 is 9.26 Å². The van der Waals surface area contributed by atoms with Crippen LogP contribution in [0.1, 0.15) is 32.5 Å². The zero-order valence-corrected chi connectivity index (χ0v) is 13.3. The molecular formula is C14H18N2O4S. The second-order valence-corrected chi connectivity index (χ2v) is 7.81. The average Bonchev–Trinajstić information content (AvgIpc) is 2.84. The smallest absolute Gasteiger partial charge is 0.264 e. The van der Waals surface area contributed by atoms with Crippen LogP contribution in [0, 0.1) is 0 Å². The molecule has 0 bridgehead atoms. The van der Waals surface area contributed by atoms with E-state index in [1.807, 2.05) is 20.8 Å². The number of ether oxygens (including phenoxy) is 1. The van der Waals surface area contributed by atoms with Crippen molar-refractivity contribution in [3.63, 3.8) is 0 Å². The van der Waals surface area contributed by atoms with E-state index in [4.69, 9.17) is 9.26 Å². The molecule has 21 heavy (non-hydrogen) atoms. The number of hydrogen-bond acceptors (Lipinski definition) is 6. The highest BCUT2D eigenvalue weighted by Gasteiger charge is 2.21. The molecule has 2 aromatic rings. The van der Waals surface area contributed by atoms with Crippen molar-refractivity contribution in [2.75, 3.05) is 6.26 Å². The third kappa shape index (κ3) is 4.04. The Hall–Kier alpha value is -1.89. The molecular weight excluding hydrogens is 292 g/mol. The summed E-state index contributed by atoms with van der Waals surface area (Å²) in [6.07, 6.45) is 1.16. The van der Waals surface area contributed by atoms with E-state index < -0.39 is 9.84 Å². The van der Waals surface area contributed by atoms with Gasteiger partial charge in [-0.3, -0.25) is 0 Å². The normalized spacial score (nSPS) is 12.4. The Morgan fingerprint density at radius 3 is 2.29 bits per heavy atom. The number of sulfone groups is 1. The van der Waals surface area contributed by atoms with Gasteiger partial charge in [-0.05, 0) is 24.3 Å². The minimum atomic E-state index is -3.20. The van der Waals surface area contributed by atoms with Crippen molar-refractivity contribution in [3.05, 3.63) is 36.0 Å². The van der Waals surface area contributed by atoms with Crippen molar-refractivity contribution in [1.82, 2.24) is 10.1 Å². The molecule has 7 heteroatoms. The standard InChI is InChI=1S/C14H18N2O4S/c1-14(2,3)13-15-12(20-16-13)9-19-10-5-7-11(8-6-10)21(4,17)18/h5-8H,9H2,1-4H3. The van der Waals surface area contributed by atoms with Crippen molar-refractivity contribution in [1.29, 1.82) is 0 Å². The van der Waals surface area contributed by atoms with Gasteiger partial charge in [-0.25, -0.2) is 8.42 Å². The van der Waals surface area contributed by atoms with Gasteiger partial charge in [-0.1, -0.05) is 25.9 Å². The maximum atomic E-state index is 11.3. The third-order valence-corrected chi connectivity index (χ3v) is 3.88. The van der Waals surface area contributed by atoms with Crippen molar-refractivity contribution in [2.24, 2.45) is 0 Å². The fourth-order valence-electron chi connectivity index (χ4n) is 1.55. The van der Waals surface area contributed by atoms with E-state index in [1.165, 1.54) is 12.1 Å². The maximum absolute atomic E-state index is 11.3. The summed E-state index contributed by atoms with van der Waals surface area (Å²) in [5, 5.41) is 3.90. The highest BCUT2D eigenvalue weighted by Crippen LogP contribution is 2.20. The van der Waals surface area contributed by atoms with Crippen molar-refractivity contribution < 1.29 is 17.7 Å². The first-order chi connectivity index (χ1) is 9.66. The summed E-state index contributed by atoms with van der Waals surface area (Å²) < 4.78 is 33.3. The second-order valence-electron chi connectivity index (χ2n) is 5.79. The quantitative estimate of drug-likeness (QED) is 0.862. The Balaban J connectivity index is 2.02. The van der Waals surface area contributed by atoms with Crippen LogP contribution in [0.25, 0.3) is 0 Å². The number of benzene rings is 1. The molecule has 114 valence electrons. The van der Waals surface area contributed by atoms with Gasteiger partial charge in [0.1, 0.15) is 5.75 Å². The third-order valence-electron chi connectivity index (χ3n) is 2.75. The van der Waals surface area contributed by atoms with Crippen LogP contribution >= 0.6 is 0 Å². The summed E-state index contributed by atoms with van der Waals surface area (Å²) in [4.78, 5) is 4.51.